The van der Waals surface area contributed by atoms with Crippen LogP contribution in [0.25, 0.3) is 0 Å². The van der Waals surface area contributed by atoms with Gasteiger partial charge in [-0.2, -0.15) is 4.31 Å². The summed E-state index contributed by atoms with van der Waals surface area (Å²) in [4.78, 5) is 12.8. The highest BCUT2D eigenvalue weighted by molar-refractivity contribution is 7.89. The molecule has 28 heavy (non-hydrogen) atoms. The van der Waals surface area contributed by atoms with Crippen molar-refractivity contribution in [1.82, 2.24) is 4.31 Å². The summed E-state index contributed by atoms with van der Waals surface area (Å²) in [5, 5.41) is 2.79. The van der Waals surface area contributed by atoms with Crippen molar-refractivity contribution in [2.45, 2.75) is 11.8 Å². The Balaban J connectivity index is 1.58. The van der Waals surface area contributed by atoms with Gasteiger partial charge in [0, 0.05) is 24.3 Å². The molecule has 0 aliphatic carbocycles. The number of carbonyl (C=O) groups excluding carboxylic acids is 1. The van der Waals surface area contributed by atoms with E-state index in [4.69, 9.17) is 14.2 Å². The molecular weight excluding hydrogens is 384 g/mol. The Morgan fingerprint density at radius 2 is 1.79 bits per heavy atom. The third kappa shape index (κ3) is 3.56. The van der Waals surface area contributed by atoms with E-state index in [9.17, 15) is 13.2 Å². The van der Waals surface area contributed by atoms with Gasteiger partial charge in [0.25, 0.3) is 5.91 Å². The van der Waals surface area contributed by atoms with Gasteiger partial charge in [-0.25, -0.2) is 8.42 Å². The molecule has 1 fully saturated rings. The fourth-order valence-electron chi connectivity index (χ4n) is 3.06. The number of amides is 1. The quantitative estimate of drug-likeness (QED) is 0.838. The first-order valence-electron chi connectivity index (χ1n) is 8.85. The number of nitrogens with one attached hydrogen (secondary N) is 1. The van der Waals surface area contributed by atoms with Gasteiger partial charge in [0.1, 0.15) is 0 Å². The zero-order chi connectivity index (χ0) is 19.7. The fraction of sp³-hybridized carbons (Fsp3) is 0.316. The molecule has 0 aromatic heterocycles. The van der Waals surface area contributed by atoms with Gasteiger partial charge in [-0.1, -0.05) is 6.07 Å². The molecule has 1 amide bonds. The van der Waals surface area contributed by atoms with Crippen molar-refractivity contribution in [2.75, 3.05) is 38.4 Å². The van der Waals surface area contributed by atoms with Crippen LogP contribution in [0.15, 0.2) is 41.3 Å². The number of carbonyl (C=O) groups is 1. The number of hydrogen-bond acceptors (Lipinski definition) is 6. The molecule has 2 aliphatic rings. The summed E-state index contributed by atoms with van der Waals surface area (Å²) in [7, 11) is -3.64. The highest BCUT2D eigenvalue weighted by Gasteiger charge is 2.27. The van der Waals surface area contributed by atoms with Crippen molar-refractivity contribution < 1.29 is 27.4 Å². The molecule has 0 radical (unpaired) electrons. The number of aryl methyl sites for hydroxylation is 1. The van der Waals surface area contributed by atoms with Crippen LogP contribution in [0.2, 0.25) is 0 Å². The van der Waals surface area contributed by atoms with Crippen LogP contribution in [0, 0.1) is 6.92 Å². The van der Waals surface area contributed by atoms with Crippen molar-refractivity contribution in [2.24, 2.45) is 0 Å². The maximum absolute atomic E-state index is 12.9. The van der Waals surface area contributed by atoms with Crippen molar-refractivity contribution in [3.05, 3.63) is 47.5 Å². The smallest absolute Gasteiger partial charge is 0.255 e. The van der Waals surface area contributed by atoms with Crippen molar-refractivity contribution in [3.8, 4) is 11.5 Å². The molecule has 1 N–H and O–H groups in total. The predicted octanol–water partition coefficient (Wildman–Crippen LogP) is 2.00. The van der Waals surface area contributed by atoms with E-state index in [0.717, 1.165) is 5.56 Å². The predicted molar refractivity (Wildman–Crippen MR) is 101 cm³/mol. The minimum atomic E-state index is -3.64. The third-order valence-electron chi connectivity index (χ3n) is 4.70. The minimum Gasteiger partial charge on any atom is -0.454 e. The summed E-state index contributed by atoms with van der Waals surface area (Å²) in [6.07, 6.45) is 0. The Labute approximate surface area is 163 Å². The molecule has 0 unspecified atom stereocenters. The molecule has 148 valence electrons. The second-order valence-electron chi connectivity index (χ2n) is 6.52. The number of anilines is 1. The minimum absolute atomic E-state index is 0.126. The molecule has 1 saturated heterocycles. The molecule has 0 bridgehead atoms. The van der Waals surface area contributed by atoms with E-state index in [0.29, 0.717) is 49.1 Å². The molecule has 2 aromatic rings. The summed E-state index contributed by atoms with van der Waals surface area (Å²) in [5.74, 6) is 0.738. The molecule has 8 nitrogen and oxygen atoms in total. The number of hydrogen-bond donors (Lipinski definition) is 1. The average Bonchev–Trinajstić information content (AvgIpc) is 3.18. The summed E-state index contributed by atoms with van der Waals surface area (Å²) < 4.78 is 42.9. The summed E-state index contributed by atoms with van der Waals surface area (Å²) in [6, 6.07) is 9.63. The van der Waals surface area contributed by atoms with Gasteiger partial charge >= 0.3 is 0 Å². The molecule has 0 saturated carbocycles. The molecule has 2 aliphatic heterocycles. The Morgan fingerprint density at radius 3 is 2.57 bits per heavy atom. The molecule has 0 atom stereocenters. The van der Waals surface area contributed by atoms with Crippen LogP contribution in [0.1, 0.15) is 15.9 Å². The van der Waals surface area contributed by atoms with Crippen LogP contribution >= 0.6 is 0 Å². The van der Waals surface area contributed by atoms with Crippen LogP contribution in [0.4, 0.5) is 5.69 Å². The van der Waals surface area contributed by atoms with Crippen LogP contribution in [0.5, 0.6) is 11.5 Å². The Bertz CT molecular complexity index is 1020. The van der Waals surface area contributed by atoms with E-state index in [1.807, 2.05) is 0 Å². The number of fused-ring (bicyclic) bond motifs is 1. The van der Waals surface area contributed by atoms with E-state index in [1.165, 1.54) is 10.4 Å². The monoisotopic (exact) mass is 404 g/mol. The molecular formula is C19H20N2O6S. The number of benzene rings is 2. The first-order valence-corrected chi connectivity index (χ1v) is 10.3. The van der Waals surface area contributed by atoms with Crippen molar-refractivity contribution >= 4 is 21.6 Å². The largest absolute Gasteiger partial charge is 0.454 e. The second-order valence-corrected chi connectivity index (χ2v) is 8.45. The summed E-state index contributed by atoms with van der Waals surface area (Å²) in [6.45, 7) is 3.31. The molecule has 2 heterocycles. The van der Waals surface area contributed by atoms with Gasteiger partial charge in [0.2, 0.25) is 16.8 Å². The van der Waals surface area contributed by atoms with Gasteiger partial charge in [-0.3, -0.25) is 4.79 Å². The number of nitrogens with zero attached hydrogens (tertiary/aromatic N) is 1. The van der Waals surface area contributed by atoms with Gasteiger partial charge < -0.3 is 19.5 Å². The first kappa shape index (κ1) is 18.7. The Hall–Kier alpha value is -2.62. The number of morpholine rings is 1. The van der Waals surface area contributed by atoms with Crippen LogP contribution in [-0.4, -0.2) is 51.7 Å². The lowest BCUT2D eigenvalue weighted by Crippen LogP contribution is -2.40. The van der Waals surface area contributed by atoms with E-state index in [1.54, 1.807) is 37.3 Å². The number of sulfonamides is 1. The van der Waals surface area contributed by atoms with Crippen LogP contribution in [0.3, 0.4) is 0 Å². The highest BCUT2D eigenvalue weighted by Crippen LogP contribution is 2.33. The normalized spacial score (nSPS) is 16.8. The maximum atomic E-state index is 12.9. The molecule has 0 spiro atoms. The third-order valence-corrected chi connectivity index (χ3v) is 6.59. The van der Waals surface area contributed by atoms with Crippen molar-refractivity contribution in [1.29, 1.82) is 0 Å². The van der Waals surface area contributed by atoms with Crippen LogP contribution < -0.4 is 14.8 Å². The lowest BCUT2D eigenvalue weighted by molar-refractivity contribution is 0.0730. The zero-order valence-corrected chi connectivity index (χ0v) is 16.1. The summed E-state index contributed by atoms with van der Waals surface area (Å²) >= 11 is 0. The van der Waals surface area contributed by atoms with E-state index >= 15 is 0 Å². The fourth-order valence-corrected chi connectivity index (χ4v) is 4.50. The average molecular weight is 404 g/mol. The number of rotatable bonds is 4. The highest BCUT2D eigenvalue weighted by atomic mass is 32.2. The zero-order valence-electron chi connectivity index (χ0n) is 15.3. The number of ether oxygens (including phenoxy) is 3. The van der Waals surface area contributed by atoms with Gasteiger partial charge in [-0.05, 0) is 42.8 Å². The Kier molecular flexibility index (Phi) is 4.96. The van der Waals surface area contributed by atoms with Crippen LogP contribution in [-0.2, 0) is 14.8 Å². The van der Waals surface area contributed by atoms with Gasteiger partial charge in [0.15, 0.2) is 11.5 Å². The van der Waals surface area contributed by atoms with Crippen molar-refractivity contribution in [3.63, 3.8) is 0 Å². The topological polar surface area (TPSA) is 94.2 Å². The van der Waals surface area contributed by atoms with E-state index < -0.39 is 10.0 Å². The van der Waals surface area contributed by atoms with Gasteiger partial charge in [-0.15, -0.1) is 0 Å². The Morgan fingerprint density at radius 1 is 1.04 bits per heavy atom. The van der Waals surface area contributed by atoms with E-state index in [2.05, 4.69) is 5.32 Å². The second kappa shape index (κ2) is 7.42. The SMILES string of the molecule is Cc1ccc(S(=O)(=O)N2CCOCC2)cc1NC(=O)c1ccc2c(c1)OCO2. The standard InChI is InChI=1S/C19H20N2O6S/c1-13-2-4-15(28(23,24)21-6-8-25-9-7-21)11-16(13)20-19(22)14-3-5-17-18(10-14)27-12-26-17/h2-5,10-11H,6-9,12H2,1H3,(H,20,22). The maximum Gasteiger partial charge on any atom is 0.255 e. The van der Waals surface area contributed by atoms with Gasteiger partial charge in [0.05, 0.1) is 18.1 Å². The lowest BCUT2D eigenvalue weighted by atomic mass is 10.1. The molecule has 2 aromatic carbocycles. The first-order chi connectivity index (χ1) is 13.4. The lowest BCUT2D eigenvalue weighted by Gasteiger charge is -2.26. The summed E-state index contributed by atoms with van der Waals surface area (Å²) in [5.41, 5.74) is 1.59. The molecule has 9 heteroatoms. The van der Waals surface area contributed by atoms with E-state index in [-0.39, 0.29) is 17.6 Å². The molecule has 4 rings (SSSR count).